The molecule has 3 nitrogen and oxygen atoms in total. The summed E-state index contributed by atoms with van der Waals surface area (Å²) in [6, 6.07) is 8.26. The summed E-state index contributed by atoms with van der Waals surface area (Å²) in [5.74, 6) is -0.230. The minimum Gasteiger partial charge on any atom is -0.315 e. The number of carbonyl (C=O) groups is 1. The van der Waals surface area contributed by atoms with Gasteiger partial charge in [0.1, 0.15) is 0 Å². The van der Waals surface area contributed by atoms with Crippen molar-refractivity contribution in [2.24, 2.45) is 0 Å². The third kappa shape index (κ3) is 1.91. The Labute approximate surface area is 102 Å². The Balaban J connectivity index is 2.42. The number of fused-ring (bicyclic) bond motifs is 1. The normalized spacial score (nSPS) is 18.1. The number of amides is 1. The number of nitriles is 1. The molecule has 0 aliphatic carbocycles. The van der Waals surface area contributed by atoms with Gasteiger partial charge in [-0.1, -0.05) is 25.5 Å². The lowest BCUT2D eigenvalue weighted by Gasteiger charge is -2.10. The van der Waals surface area contributed by atoms with Crippen molar-refractivity contribution in [1.82, 2.24) is 0 Å². The first-order valence-corrected chi connectivity index (χ1v) is 5.96. The van der Waals surface area contributed by atoms with E-state index in [1.807, 2.05) is 6.07 Å². The van der Waals surface area contributed by atoms with E-state index in [0.717, 1.165) is 24.1 Å². The van der Waals surface area contributed by atoms with Gasteiger partial charge in [0, 0.05) is 12.7 Å². The van der Waals surface area contributed by atoms with Crippen molar-refractivity contribution in [3.63, 3.8) is 0 Å². The molecule has 17 heavy (non-hydrogen) atoms. The Morgan fingerprint density at radius 3 is 2.88 bits per heavy atom. The molecule has 1 aromatic carbocycles. The molecule has 1 aliphatic rings. The van der Waals surface area contributed by atoms with Crippen LogP contribution in [0.15, 0.2) is 18.2 Å². The number of nitrogens with zero attached hydrogens (tertiary/aromatic N) is 2. The van der Waals surface area contributed by atoms with Crippen LogP contribution in [0.2, 0.25) is 0 Å². The third-order valence-corrected chi connectivity index (χ3v) is 3.29. The van der Waals surface area contributed by atoms with Crippen LogP contribution >= 0.6 is 0 Å². The summed E-state index contributed by atoms with van der Waals surface area (Å²) in [5.41, 5.74) is 3.22. The molecule has 0 saturated carbocycles. The molecule has 0 N–H and O–H groups in total. The molecule has 3 heteroatoms. The van der Waals surface area contributed by atoms with Gasteiger partial charge < -0.3 is 4.90 Å². The molecular formula is C14H16N2O. The fourth-order valence-corrected chi connectivity index (χ4v) is 2.41. The highest BCUT2D eigenvalue weighted by Gasteiger charge is 2.34. The zero-order valence-corrected chi connectivity index (χ0v) is 10.2. The monoisotopic (exact) mass is 228 g/mol. The van der Waals surface area contributed by atoms with Crippen LogP contribution in [0.4, 0.5) is 5.69 Å². The zero-order valence-electron chi connectivity index (χ0n) is 10.2. The lowest BCUT2D eigenvalue weighted by atomic mass is 9.95. The summed E-state index contributed by atoms with van der Waals surface area (Å²) < 4.78 is 0. The summed E-state index contributed by atoms with van der Waals surface area (Å²) in [7, 11) is 1.78. The number of carbonyl (C=O) groups excluding carboxylic acids is 1. The summed E-state index contributed by atoms with van der Waals surface area (Å²) >= 11 is 0. The molecule has 0 bridgehead atoms. The molecule has 2 rings (SSSR count). The van der Waals surface area contributed by atoms with Crippen molar-refractivity contribution in [2.45, 2.75) is 32.1 Å². The Hall–Kier alpha value is -1.82. The van der Waals surface area contributed by atoms with Gasteiger partial charge in [-0.25, -0.2) is 0 Å². The molecule has 1 amide bonds. The number of benzene rings is 1. The van der Waals surface area contributed by atoms with Crippen molar-refractivity contribution in [1.29, 1.82) is 5.26 Å². The van der Waals surface area contributed by atoms with Crippen LogP contribution < -0.4 is 4.90 Å². The largest absolute Gasteiger partial charge is 0.315 e. The average Bonchev–Trinajstić information content (AvgIpc) is 2.55. The maximum atomic E-state index is 12.0. The van der Waals surface area contributed by atoms with Gasteiger partial charge >= 0.3 is 0 Å². The van der Waals surface area contributed by atoms with Gasteiger partial charge in [-0.3, -0.25) is 4.79 Å². The standard InChI is InChI=1S/C14H16N2O/c1-3-4-10-5-6-13-12(9-10)11(7-8-15)14(17)16(13)2/h5-6,9,11H,3-4,7H2,1-2H3/t11-/m0/s1. The zero-order chi connectivity index (χ0) is 12.4. The highest BCUT2D eigenvalue weighted by molar-refractivity contribution is 6.04. The van der Waals surface area contributed by atoms with E-state index < -0.39 is 0 Å². The summed E-state index contributed by atoms with van der Waals surface area (Å²) in [6.07, 6.45) is 2.38. The van der Waals surface area contributed by atoms with Gasteiger partial charge in [0.2, 0.25) is 5.91 Å². The lowest BCUT2D eigenvalue weighted by molar-refractivity contribution is -0.118. The number of hydrogen-bond donors (Lipinski definition) is 0. The third-order valence-electron chi connectivity index (χ3n) is 3.29. The van der Waals surface area contributed by atoms with E-state index in [-0.39, 0.29) is 18.2 Å². The first-order chi connectivity index (χ1) is 8.19. The van der Waals surface area contributed by atoms with Gasteiger partial charge in [0.05, 0.1) is 18.4 Å². The highest BCUT2D eigenvalue weighted by Crippen LogP contribution is 2.38. The molecule has 0 unspecified atom stereocenters. The van der Waals surface area contributed by atoms with E-state index in [0.29, 0.717) is 0 Å². The van der Waals surface area contributed by atoms with Gasteiger partial charge in [0.25, 0.3) is 0 Å². The molecule has 1 aliphatic heterocycles. The Morgan fingerprint density at radius 1 is 1.47 bits per heavy atom. The second-order valence-corrected chi connectivity index (χ2v) is 4.46. The molecule has 0 saturated heterocycles. The average molecular weight is 228 g/mol. The van der Waals surface area contributed by atoms with Gasteiger partial charge in [0.15, 0.2) is 0 Å². The maximum Gasteiger partial charge on any atom is 0.235 e. The Kier molecular flexibility index (Phi) is 3.14. The Bertz CT molecular complexity index is 487. The number of likely N-dealkylation sites (N-methyl/N-ethyl adjacent to an activating group) is 1. The van der Waals surface area contributed by atoms with E-state index >= 15 is 0 Å². The first-order valence-electron chi connectivity index (χ1n) is 5.96. The van der Waals surface area contributed by atoms with Gasteiger partial charge in [-0.05, 0) is 23.6 Å². The van der Waals surface area contributed by atoms with Crippen LogP contribution in [-0.2, 0) is 11.2 Å². The van der Waals surface area contributed by atoms with Gasteiger partial charge in [-0.2, -0.15) is 5.26 Å². The quantitative estimate of drug-likeness (QED) is 0.798. The minimum absolute atomic E-state index is 0.0372. The van der Waals surface area contributed by atoms with E-state index in [9.17, 15) is 4.79 Å². The molecular weight excluding hydrogens is 212 g/mol. The van der Waals surface area contributed by atoms with Crippen molar-refractivity contribution in [3.05, 3.63) is 29.3 Å². The predicted molar refractivity (Wildman–Crippen MR) is 66.8 cm³/mol. The van der Waals surface area contributed by atoms with E-state index in [1.165, 1.54) is 5.56 Å². The van der Waals surface area contributed by atoms with E-state index in [1.54, 1.807) is 11.9 Å². The fraction of sp³-hybridized carbons (Fsp3) is 0.429. The number of hydrogen-bond acceptors (Lipinski definition) is 2. The molecule has 0 radical (unpaired) electrons. The van der Waals surface area contributed by atoms with E-state index in [4.69, 9.17) is 5.26 Å². The van der Waals surface area contributed by atoms with Crippen LogP contribution in [0.25, 0.3) is 0 Å². The van der Waals surface area contributed by atoms with E-state index in [2.05, 4.69) is 25.1 Å². The van der Waals surface area contributed by atoms with Crippen LogP contribution in [0.5, 0.6) is 0 Å². The Morgan fingerprint density at radius 2 is 2.24 bits per heavy atom. The summed E-state index contributed by atoms with van der Waals surface area (Å²) in [4.78, 5) is 13.7. The maximum absolute atomic E-state index is 12.0. The van der Waals surface area contributed by atoms with Crippen LogP contribution in [-0.4, -0.2) is 13.0 Å². The molecule has 1 heterocycles. The first kappa shape index (κ1) is 11.7. The molecule has 0 aromatic heterocycles. The molecule has 0 spiro atoms. The topological polar surface area (TPSA) is 44.1 Å². The highest BCUT2D eigenvalue weighted by atomic mass is 16.2. The molecule has 1 atom stereocenters. The number of rotatable bonds is 3. The lowest BCUT2D eigenvalue weighted by Crippen LogP contribution is -2.23. The van der Waals surface area contributed by atoms with Crippen molar-refractivity contribution >= 4 is 11.6 Å². The number of anilines is 1. The SMILES string of the molecule is CCCc1ccc2c(c1)[C@H](CC#N)C(=O)N2C. The summed E-state index contributed by atoms with van der Waals surface area (Å²) in [6.45, 7) is 2.14. The second-order valence-electron chi connectivity index (χ2n) is 4.46. The van der Waals surface area contributed by atoms with Crippen molar-refractivity contribution in [3.8, 4) is 6.07 Å². The molecule has 88 valence electrons. The van der Waals surface area contributed by atoms with Crippen LogP contribution in [0, 0.1) is 11.3 Å². The smallest absolute Gasteiger partial charge is 0.235 e. The van der Waals surface area contributed by atoms with Gasteiger partial charge in [-0.15, -0.1) is 0 Å². The summed E-state index contributed by atoms with van der Waals surface area (Å²) in [5, 5.41) is 8.81. The fourth-order valence-electron chi connectivity index (χ4n) is 2.41. The molecule has 1 aromatic rings. The van der Waals surface area contributed by atoms with Crippen LogP contribution in [0.3, 0.4) is 0 Å². The van der Waals surface area contributed by atoms with Crippen LogP contribution in [0.1, 0.15) is 36.8 Å². The number of aryl methyl sites for hydroxylation is 1. The van der Waals surface area contributed by atoms with Crippen molar-refractivity contribution in [2.75, 3.05) is 11.9 Å². The second kappa shape index (κ2) is 4.58. The predicted octanol–water partition coefficient (Wildman–Crippen LogP) is 2.61. The molecule has 0 fully saturated rings. The van der Waals surface area contributed by atoms with Crippen molar-refractivity contribution < 1.29 is 4.79 Å². The minimum atomic E-state index is -0.267.